The molecule has 2 aromatic heterocycles. The smallest absolute Gasteiger partial charge is 0.188 e. The summed E-state index contributed by atoms with van der Waals surface area (Å²) in [6, 6.07) is 4.19. The van der Waals surface area contributed by atoms with Crippen LogP contribution in [-0.4, -0.2) is 28.8 Å². The van der Waals surface area contributed by atoms with Gasteiger partial charge in [0.25, 0.3) is 0 Å². The summed E-state index contributed by atoms with van der Waals surface area (Å²) in [4.78, 5) is 8.84. The molecular weight excluding hydrogens is 274 g/mol. The van der Waals surface area contributed by atoms with E-state index in [4.69, 9.17) is 0 Å². The Labute approximate surface area is 122 Å². The van der Waals surface area contributed by atoms with E-state index in [2.05, 4.69) is 32.1 Å². The highest BCUT2D eigenvalue weighted by Crippen LogP contribution is 2.13. The Kier molecular flexibility index (Phi) is 5.82. The maximum atomic E-state index is 4.42. The zero-order valence-corrected chi connectivity index (χ0v) is 13.0. The molecule has 102 valence electrons. The van der Waals surface area contributed by atoms with Gasteiger partial charge in [-0.3, -0.25) is 0 Å². The fourth-order valence-corrected chi connectivity index (χ4v) is 3.31. The van der Waals surface area contributed by atoms with Gasteiger partial charge in [0.05, 0.1) is 0 Å². The Morgan fingerprint density at radius 3 is 2.68 bits per heavy atom. The first-order chi connectivity index (χ1) is 9.24. The number of thioether (sulfide) groups is 1. The summed E-state index contributed by atoms with van der Waals surface area (Å²) in [6.45, 7) is 6.05. The van der Waals surface area contributed by atoms with Gasteiger partial charge >= 0.3 is 0 Å². The molecule has 0 spiro atoms. The molecule has 0 fully saturated rings. The second-order valence-electron chi connectivity index (χ2n) is 4.41. The van der Waals surface area contributed by atoms with Crippen LogP contribution in [0, 0.1) is 13.8 Å². The van der Waals surface area contributed by atoms with Crippen molar-refractivity contribution in [2.24, 2.45) is 0 Å². The van der Waals surface area contributed by atoms with E-state index in [0.717, 1.165) is 41.8 Å². The summed E-state index contributed by atoms with van der Waals surface area (Å²) in [7, 11) is 0. The molecule has 0 radical (unpaired) electrons. The topological polar surface area (TPSA) is 37.8 Å². The van der Waals surface area contributed by atoms with Crippen molar-refractivity contribution in [3.8, 4) is 0 Å². The molecule has 1 N–H and O–H groups in total. The fraction of sp³-hybridized carbons (Fsp3) is 0.429. The fourth-order valence-electron chi connectivity index (χ4n) is 1.77. The van der Waals surface area contributed by atoms with E-state index in [-0.39, 0.29) is 0 Å². The van der Waals surface area contributed by atoms with Crippen LogP contribution in [0.3, 0.4) is 0 Å². The largest absolute Gasteiger partial charge is 0.316 e. The Morgan fingerprint density at radius 1 is 1.21 bits per heavy atom. The van der Waals surface area contributed by atoms with Crippen LogP contribution in [0.5, 0.6) is 0 Å². The molecule has 0 atom stereocenters. The second-order valence-corrected chi connectivity index (χ2v) is 6.26. The summed E-state index contributed by atoms with van der Waals surface area (Å²) < 4.78 is 0. The van der Waals surface area contributed by atoms with Gasteiger partial charge in [-0.25, -0.2) is 9.97 Å². The molecule has 5 heteroatoms. The predicted octanol–water partition coefficient (Wildman–Crippen LogP) is 3.08. The minimum Gasteiger partial charge on any atom is -0.316 e. The molecule has 2 heterocycles. The monoisotopic (exact) mass is 293 g/mol. The molecule has 0 aliphatic heterocycles. The van der Waals surface area contributed by atoms with Crippen LogP contribution in [0.1, 0.15) is 17.0 Å². The number of hydrogen-bond donors (Lipinski definition) is 1. The maximum Gasteiger partial charge on any atom is 0.188 e. The molecule has 0 amide bonds. The Hall–Kier alpha value is -0.910. The van der Waals surface area contributed by atoms with Gasteiger partial charge in [-0.15, -0.1) is 0 Å². The quantitative estimate of drug-likeness (QED) is 0.484. The molecule has 0 bridgehead atoms. The van der Waals surface area contributed by atoms with E-state index in [1.165, 1.54) is 5.56 Å². The van der Waals surface area contributed by atoms with Crippen molar-refractivity contribution in [3.05, 3.63) is 39.8 Å². The van der Waals surface area contributed by atoms with Gasteiger partial charge in [-0.2, -0.15) is 11.3 Å². The minimum absolute atomic E-state index is 0.886. The number of aromatic nitrogens is 2. The Balaban J connectivity index is 1.61. The summed E-state index contributed by atoms with van der Waals surface area (Å²) >= 11 is 3.47. The number of hydrogen-bond acceptors (Lipinski definition) is 5. The third-order valence-electron chi connectivity index (χ3n) is 2.64. The zero-order chi connectivity index (χ0) is 13.5. The van der Waals surface area contributed by atoms with Gasteiger partial charge in [0.2, 0.25) is 0 Å². The van der Waals surface area contributed by atoms with Gasteiger partial charge in [0, 0.05) is 23.7 Å². The van der Waals surface area contributed by atoms with Gasteiger partial charge < -0.3 is 5.32 Å². The molecular formula is C14H19N3S2. The molecule has 2 aromatic rings. The highest BCUT2D eigenvalue weighted by molar-refractivity contribution is 7.99. The summed E-state index contributed by atoms with van der Waals surface area (Å²) in [5.41, 5.74) is 3.50. The number of nitrogens with one attached hydrogen (secondary N) is 1. The molecule has 0 aliphatic carbocycles. The summed E-state index contributed by atoms with van der Waals surface area (Å²) in [5.74, 6) is 1.01. The van der Waals surface area contributed by atoms with Gasteiger partial charge in [-0.1, -0.05) is 11.8 Å². The minimum atomic E-state index is 0.886. The summed E-state index contributed by atoms with van der Waals surface area (Å²) in [6.07, 6.45) is 1.11. The highest BCUT2D eigenvalue weighted by atomic mass is 32.2. The van der Waals surface area contributed by atoms with E-state index in [1.54, 1.807) is 23.1 Å². The first kappa shape index (κ1) is 14.5. The Morgan fingerprint density at radius 2 is 2.00 bits per heavy atom. The Bertz CT molecular complexity index is 477. The van der Waals surface area contributed by atoms with Gasteiger partial charge in [0.1, 0.15) is 0 Å². The third-order valence-corrected chi connectivity index (χ3v) is 4.22. The van der Waals surface area contributed by atoms with Crippen molar-refractivity contribution in [3.63, 3.8) is 0 Å². The lowest BCUT2D eigenvalue weighted by Crippen LogP contribution is -2.20. The van der Waals surface area contributed by atoms with Crippen LogP contribution >= 0.6 is 23.1 Å². The number of nitrogens with zero attached hydrogens (tertiary/aromatic N) is 2. The van der Waals surface area contributed by atoms with Crippen LogP contribution in [-0.2, 0) is 6.42 Å². The molecule has 2 rings (SSSR count). The van der Waals surface area contributed by atoms with Gasteiger partial charge in [-0.05, 0) is 55.3 Å². The van der Waals surface area contributed by atoms with Crippen molar-refractivity contribution in [2.45, 2.75) is 25.4 Å². The summed E-state index contributed by atoms with van der Waals surface area (Å²) in [5, 5.41) is 8.67. The van der Waals surface area contributed by atoms with Gasteiger partial charge in [0.15, 0.2) is 5.16 Å². The van der Waals surface area contributed by atoms with E-state index >= 15 is 0 Å². The number of rotatable bonds is 7. The molecule has 0 unspecified atom stereocenters. The van der Waals surface area contributed by atoms with Crippen LogP contribution in [0.4, 0.5) is 0 Å². The average Bonchev–Trinajstić information content (AvgIpc) is 2.85. The number of thiophene rings is 1. The van der Waals surface area contributed by atoms with E-state index in [9.17, 15) is 0 Å². The third kappa shape index (κ3) is 5.30. The van der Waals surface area contributed by atoms with E-state index in [0.29, 0.717) is 0 Å². The maximum absolute atomic E-state index is 4.42. The van der Waals surface area contributed by atoms with Crippen molar-refractivity contribution >= 4 is 23.1 Å². The van der Waals surface area contributed by atoms with Crippen molar-refractivity contribution in [1.29, 1.82) is 0 Å². The zero-order valence-electron chi connectivity index (χ0n) is 11.3. The SMILES string of the molecule is Cc1cc(C)nc(SCCNCCc2ccsc2)n1. The molecule has 19 heavy (non-hydrogen) atoms. The van der Waals surface area contributed by atoms with E-state index < -0.39 is 0 Å². The normalized spacial score (nSPS) is 10.8. The second kappa shape index (κ2) is 7.62. The first-order valence-electron chi connectivity index (χ1n) is 6.41. The van der Waals surface area contributed by atoms with Crippen LogP contribution < -0.4 is 5.32 Å². The standard InChI is InChI=1S/C14H19N3S2/c1-11-9-12(2)17-14(16-11)19-8-6-15-5-3-13-4-7-18-10-13/h4,7,9-10,15H,3,5-6,8H2,1-2H3. The van der Waals surface area contributed by atoms with Crippen molar-refractivity contribution < 1.29 is 0 Å². The van der Waals surface area contributed by atoms with Crippen LogP contribution in [0.25, 0.3) is 0 Å². The van der Waals surface area contributed by atoms with Crippen LogP contribution in [0.15, 0.2) is 28.0 Å². The lowest BCUT2D eigenvalue weighted by atomic mass is 10.2. The van der Waals surface area contributed by atoms with Crippen molar-refractivity contribution in [1.82, 2.24) is 15.3 Å². The number of aryl methyl sites for hydroxylation is 2. The lowest BCUT2D eigenvalue weighted by Gasteiger charge is -2.04. The molecule has 3 nitrogen and oxygen atoms in total. The lowest BCUT2D eigenvalue weighted by molar-refractivity contribution is 0.721. The molecule has 0 aromatic carbocycles. The molecule has 0 saturated heterocycles. The van der Waals surface area contributed by atoms with Crippen molar-refractivity contribution in [2.75, 3.05) is 18.8 Å². The van der Waals surface area contributed by atoms with Crippen LogP contribution in [0.2, 0.25) is 0 Å². The molecule has 0 aliphatic rings. The first-order valence-corrected chi connectivity index (χ1v) is 8.34. The highest BCUT2D eigenvalue weighted by Gasteiger charge is 2.00. The average molecular weight is 293 g/mol. The molecule has 0 saturated carbocycles. The van der Waals surface area contributed by atoms with E-state index in [1.807, 2.05) is 19.9 Å². The predicted molar refractivity (Wildman–Crippen MR) is 83.1 cm³/mol.